The van der Waals surface area contributed by atoms with Gasteiger partial charge in [-0.1, -0.05) is 36.8 Å². The van der Waals surface area contributed by atoms with E-state index in [2.05, 4.69) is 34.2 Å². The summed E-state index contributed by atoms with van der Waals surface area (Å²) in [6, 6.07) is 11.8. The zero-order valence-electron chi connectivity index (χ0n) is 12.9. The van der Waals surface area contributed by atoms with Crippen molar-refractivity contribution in [2.45, 2.75) is 25.2 Å². The van der Waals surface area contributed by atoms with Gasteiger partial charge in [0.25, 0.3) is 11.5 Å². The summed E-state index contributed by atoms with van der Waals surface area (Å²) in [7, 11) is 0. The number of hydrogen-bond donors (Lipinski definition) is 1. The second kappa shape index (κ2) is 5.33. The van der Waals surface area contributed by atoms with E-state index in [0.29, 0.717) is 12.5 Å². The molecule has 1 spiro atoms. The lowest BCUT2D eigenvalue weighted by atomic mass is 9.61. The number of amides is 1. The molecule has 1 aliphatic heterocycles. The van der Waals surface area contributed by atoms with Crippen LogP contribution in [0.5, 0.6) is 0 Å². The Balaban J connectivity index is 1.63. The van der Waals surface area contributed by atoms with E-state index in [1.807, 2.05) is 11.0 Å². The monoisotopic (exact) mass is 309 g/mol. The fraction of sp³-hybridized carbons (Fsp3) is 0.389. The topological polar surface area (TPSA) is 66.1 Å². The van der Waals surface area contributed by atoms with Crippen LogP contribution >= 0.6 is 0 Å². The third-order valence-electron chi connectivity index (χ3n) is 5.36. The van der Waals surface area contributed by atoms with Crippen LogP contribution in [0, 0.1) is 5.41 Å². The number of rotatable bonds is 2. The number of likely N-dealkylation sites (tertiary alicyclic amines) is 1. The van der Waals surface area contributed by atoms with Gasteiger partial charge in [-0.25, -0.2) is 4.98 Å². The van der Waals surface area contributed by atoms with Crippen LogP contribution in [0.4, 0.5) is 0 Å². The highest BCUT2D eigenvalue weighted by atomic mass is 16.2. The first kappa shape index (κ1) is 14.2. The van der Waals surface area contributed by atoms with E-state index in [1.54, 1.807) is 0 Å². The highest BCUT2D eigenvalue weighted by Crippen LogP contribution is 2.55. The van der Waals surface area contributed by atoms with Crippen LogP contribution in [-0.4, -0.2) is 33.9 Å². The third kappa shape index (κ3) is 2.36. The van der Waals surface area contributed by atoms with E-state index in [1.165, 1.54) is 24.2 Å². The van der Waals surface area contributed by atoms with Gasteiger partial charge in [-0.3, -0.25) is 9.59 Å². The van der Waals surface area contributed by atoms with E-state index in [-0.39, 0.29) is 22.7 Å². The Morgan fingerprint density at radius 3 is 2.65 bits per heavy atom. The lowest BCUT2D eigenvalue weighted by Gasteiger charge is -2.43. The summed E-state index contributed by atoms with van der Waals surface area (Å²) in [5, 5.41) is 0. The molecule has 23 heavy (non-hydrogen) atoms. The van der Waals surface area contributed by atoms with Crippen LogP contribution < -0.4 is 5.56 Å². The van der Waals surface area contributed by atoms with Gasteiger partial charge in [0.2, 0.25) is 0 Å². The summed E-state index contributed by atoms with van der Waals surface area (Å²) in [5.74, 6) is 0.338. The number of nitrogens with zero attached hydrogens (tertiary/aromatic N) is 2. The number of benzene rings is 1. The Morgan fingerprint density at radius 2 is 2.00 bits per heavy atom. The molecule has 1 aromatic heterocycles. The molecule has 1 saturated heterocycles. The Morgan fingerprint density at radius 1 is 1.22 bits per heavy atom. The first-order valence-electron chi connectivity index (χ1n) is 8.08. The number of hydrogen-bond acceptors (Lipinski definition) is 3. The molecule has 0 radical (unpaired) electrons. The molecule has 4 rings (SSSR count). The van der Waals surface area contributed by atoms with Crippen molar-refractivity contribution in [2.24, 2.45) is 5.41 Å². The van der Waals surface area contributed by atoms with Crippen LogP contribution in [0.3, 0.4) is 0 Å². The van der Waals surface area contributed by atoms with Crippen molar-refractivity contribution in [2.75, 3.05) is 13.1 Å². The van der Waals surface area contributed by atoms with Crippen LogP contribution in [0.25, 0.3) is 0 Å². The summed E-state index contributed by atoms with van der Waals surface area (Å²) in [6.45, 7) is 1.45. The second-order valence-electron chi connectivity index (χ2n) is 6.65. The number of aromatic nitrogens is 2. The molecule has 2 heterocycles. The van der Waals surface area contributed by atoms with Gasteiger partial charge in [0, 0.05) is 31.3 Å². The minimum absolute atomic E-state index is 0.140. The standard InChI is InChI=1S/C18H19N3O2/c22-15-7-10-19-16(20-15)17(23)21-11-14(13-5-2-1-3-6-13)18(12-21)8-4-9-18/h1-3,5-7,10,14H,4,8-9,11-12H2,(H,19,20,22). The van der Waals surface area contributed by atoms with Crippen molar-refractivity contribution >= 4 is 5.91 Å². The molecule has 1 N–H and O–H groups in total. The summed E-state index contributed by atoms with van der Waals surface area (Å²) >= 11 is 0. The van der Waals surface area contributed by atoms with Crippen molar-refractivity contribution < 1.29 is 4.79 Å². The maximum atomic E-state index is 12.7. The fourth-order valence-corrected chi connectivity index (χ4v) is 4.03. The third-order valence-corrected chi connectivity index (χ3v) is 5.36. The fourth-order valence-electron chi connectivity index (χ4n) is 4.03. The number of aromatic amines is 1. The van der Waals surface area contributed by atoms with E-state index in [0.717, 1.165) is 19.4 Å². The van der Waals surface area contributed by atoms with Gasteiger partial charge in [-0.15, -0.1) is 0 Å². The molecule has 2 aliphatic rings. The first-order valence-corrected chi connectivity index (χ1v) is 8.08. The quantitative estimate of drug-likeness (QED) is 0.924. The molecule has 1 atom stereocenters. The van der Waals surface area contributed by atoms with E-state index < -0.39 is 0 Å². The zero-order valence-corrected chi connectivity index (χ0v) is 12.9. The average Bonchev–Trinajstić information content (AvgIpc) is 2.96. The number of H-pyrrole nitrogens is 1. The summed E-state index contributed by atoms with van der Waals surface area (Å²) in [4.78, 5) is 32.5. The summed E-state index contributed by atoms with van der Waals surface area (Å²) in [5.41, 5.74) is 1.21. The molecule has 1 aliphatic carbocycles. The molecule has 5 nitrogen and oxygen atoms in total. The lowest BCUT2D eigenvalue weighted by molar-refractivity contribution is 0.0713. The van der Waals surface area contributed by atoms with Gasteiger partial charge in [0.1, 0.15) is 0 Å². The van der Waals surface area contributed by atoms with Crippen molar-refractivity contribution in [1.29, 1.82) is 0 Å². The van der Waals surface area contributed by atoms with Crippen molar-refractivity contribution in [3.05, 3.63) is 64.3 Å². The van der Waals surface area contributed by atoms with Gasteiger partial charge in [-0.2, -0.15) is 0 Å². The molecular formula is C18H19N3O2. The maximum Gasteiger partial charge on any atom is 0.289 e. The minimum atomic E-state index is -0.291. The van der Waals surface area contributed by atoms with Crippen molar-refractivity contribution in [1.82, 2.24) is 14.9 Å². The zero-order chi connectivity index (χ0) is 15.9. The Kier molecular flexibility index (Phi) is 3.29. The molecular weight excluding hydrogens is 290 g/mol. The van der Waals surface area contributed by atoms with Crippen molar-refractivity contribution in [3.63, 3.8) is 0 Å². The van der Waals surface area contributed by atoms with E-state index >= 15 is 0 Å². The largest absolute Gasteiger partial charge is 0.335 e. The SMILES string of the molecule is O=C(c1nccc(=O)[nH]1)N1CC(c2ccccc2)C2(CCC2)C1. The molecule has 1 saturated carbocycles. The van der Waals surface area contributed by atoms with Crippen LogP contribution in [0.1, 0.15) is 41.4 Å². The number of carbonyl (C=O) groups excluding carboxylic acids is 1. The highest BCUT2D eigenvalue weighted by molar-refractivity contribution is 5.90. The number of carbonyl (C=O) groups is 1. The predicted octanol–water partition coefficient (Wildman–Crippen LogP) is 2.18. The van der Waals surface area contributed by atoms with E-state index in [4.69, 9.17) is 0 Å². The molecule has 5 heteroatoms. The molecule has 2 aromatic rings. The van der Waals surface area contributed by atoms with Gasteiger partial charge in [0.05, 0.1) is 0 Å². The van der Waals surface area contributed by atoms with E-state index in [9.17, 15) is 9.59 Å². The highest BCUT2D eigenvalue weighted by Gasteiger charge is 2.52. The smallest absolute Gasteiger partial charge is 0.289 e. The Labute approximate surface area is 134 Å². The maximum absolute atomic E-state index is 12.7. The van der Waals surface area contributed by atoms with Gasteiger partial charge in [0.15, 0.2) is 5.82 Å². The van der Waals surface area contributed by atoms with Crippen LogP contribution in [-0.2, 0) is 0 Å². The van der Waals surface area contributed by atoms with Gasteiger partial charge < -0.3 is 9.88 Å². The predicted molar refractivity (Wildman–Crippen MR) is 86.2 cm³/mol. The van der Waals surface area contributed by atoms with Crippen LogP contribution in [0.2, 0.25) is 0 Å². The minimum Gasteiger partial charge on any atom is -0.335 e. The molecule has 0 bridgehead atoms. The summed E-state index contributed by atoms with van der Waals surface area (Å²) in [6.07, 6.45) is 4.94. The first-order chi connectivity index (χ1) is 11.2. The Bertz CT molecular complexity index is 780. The number of nitrogens with one attached hydrogen (secondary N) is 1. The Hall–Kier alpha value is -2.43. The van der Waals surface area contributed by atoms with Crippen molar-refractivity contribution in [3.8, 4) is 0 Å². The van der Waals surface area contributed by atoms with Crippen LogP contribution in [0.15, 0.2) is 47.4 Å². The lowest BCUT2D eigenvalue weighted by Crippen LogP contribution is -2.38. The molecule has 1 unspecified atom stereocenters. The van der Waals surface area contributed by atoms with Gasteiger partial charge in [-0.05, 0) is 23.8 Å². The molecule has 2 fully saturated rings. The molecule has 1 aromatic carbocycles. The normalized spacial score (nSPS) is 22.1. The molecule has 1 amide bonds. The molecule has 118 valence electrons. The second-order valence-corrected chi connectivity index (χ2v) is 6.65. The average molecular weight is 309 g/mol. The summed E-state index contributed by atoms with van der Waals surface area (Å²) < 4.78 is 0. The van der Waals surface area contributed by atoms with Gasteiger partial charge >= 0.3 is 0 Å².